The van der Waals surface area contributed by atoms with Crippen molar-refractivity contribution in [2.75, 3.05) is 13.7 Å². The van der Waals surface area contributed by atoms with Gasteiger partial charge in [0.1, 0.15) is 18.1 Å². The molecule has 1 aromatic heterocycles. The number of amides is 1. The van der Waals surface area contributed by atoms with Gasteiger partial charge in [0.2, 0.25) is 5.89 Å². The van der Waals surface area contributed by atoms with E-state index in [9.17, 15) is 14.0 Å². The van der Waals surface area contributed by atoms with Crippen molar-refractivity contribution in [2.24, 2.45) is 0 Å². The number of benzene rings is 2. The zero-order valence-electron chi connectivity index (χ0n) is 15.7. The van der Waals surface area contributed by atoms with Gasteiger partial charge in [0, 0.05) is 11.1 Å². The van der Waals surface area contributed by atoms with Crippen LogP contribution in [0.1, 0.15) is 29.3 Å². The lowest BCUT2D eigenvalue weighted by Crippen LogP contribution is -2.31. The molecule has 0 saturated carbocycles. The molecule has 3 aromatic rings. The van der Waals surface area contributed by atoms with Crippen LogP contribution < -0.4 is 10.1 Å². The normalized spacial score (nSPS) is 11.6. The van der Waals surface area contributed by atoms with Crippen LogP contribution in [0, 0.1) is 5.82 Å². The molecule has 0 unspecified atom stereocenters. The van der Waals surface area contributed by atoms with E-state index in [0.717, 1.165) is 0 Å². The predicted molar refractivity (Wildman–Crippen MR) is 99.5 cm³/mol. The van der Waals surface area contributed by atoms with Crippen molar-refractivity contribution in [1.82, 2.24) is 15.5 Å². The van der Waals surface area contributed by atoms with Gasteiger partial charge in [-0.15, -0.1) is 10.2 Å². The first-order chi connectivity index (χ1) is 14.0. The van der Waals surface area contributed by atoms with Gasteiger partial charge in [0.05, 0.1) is 7.11 Å². The number of nitrogens with zero attached hydrogens (tertiary/aromatic N) is 2. The molecule has 8 nitrogen and oxygen atoms in total. The molecule has 0 aliphatic heterocycles. The maximum absolute atomic E-state index is 13.0. The monoisotopic (exact) mass is 399 g/mol. The molecule has 150 valence electrons. The molecule has 0 aliphatic rings. The summed E-state index contributed by atoms with van der Waals surface area (Å²) in [5.41, 5.74) is 0.919. The SMILES string of the molecule is COc1ccc(C(=O)NCC(=O)O[C@H](C)c2nnc(-c3ccc(F)cc3)o2)cc1. The Bertz CT molecular complexity index is 986. The molecule has 1 N–H and O–H groups in total. The number of nitrogens with one attached hydrogen (secondary N) is 1. The number of hydrogen-bond donors (Lipinski definition) is 1. The average molecular weight is 399 g/mol. The molecular weight excluding hydrogens is 381 g/mol. The summed E-state index contributed by atoms with van der Waals surface area (Å²) in [7, 11) is 1.53. The molecule has 0 bridgehead atoms. The largest absolute Gasteiger partial charge is 0.497 e. The van der Waals surface area contributed by atoms with Crippen molar-refractivity contribution < 1.29 is 27.9 Å². The molecule has 1 atom stereocenters. The van der Waals surface area contributed by atoms with E-state index >= 15 is 0 Å². The molecular formula is C20H18FN3O5. The van der Waals surface area contributed by atoms with E-state index in [4.69, 9.17) is 13.9 Å². The van der Waals surface area contributed by atoms with E-state index in [1.54, 1.807) is 31.2 Å². The Morgan fingerprint density at radius 3 is 2.45 bits per heavy atom. The van der Waals surface area contributed by atoms with Crippen molar-refractivity contribution in [3.63, 3.8) is 0 Å². The number of hydrogen-bond acceptors (Lipinski definition) is 7. The fraction of sp³-hybridized carbons (Fsp3) is 0.200. The summed E-state index contributed by atoms with van der Waals surface area (Å²) in [6.07, 6.45) is -0.818. The summed E-state index contributed by atoms with van der Waals surface area (Å²) in [4.78, 5) is 24.1. The molecule has 3 rings (SSSR count). The number of carbonyl (C=O) groups excluding carboxylic acids is 2. The van der Waals surface area contributed by atoms with E-state index in [0.29, 0.717) is 16.9 Å². The number of ether oxygens (including phenoxy) is 2. The maximum Gasteiger partial charge on any atom is 0.326 e. The maximum atomic E-state index is 13.0. The molecule has 9 heteroatoms. The summed E-state index contributed by atoms with van der Waals surface area (Å²) < 4.78 is 28.7. The van der Waals surface area contributed by atoms with E-state index < -0.39 is 18.0 Å². The quantitative estimate of drug-likeness (QED) is 0.609. The minimum atomic E-state index is -0.818. The van der Waals surface area contributed by atoms with E-state index in [2.05, 4.69) is 15.5 Å². The van der Waals surface area contributed by atoms with Crippen LogP contribution in [0.5, 0.6) is 5.75 Å². The smallest absolute Gasteiger partial charge is 0.326 e. The van der Waals surface area contributed by atoms with Gasteiger partial charge in [-0.2, -0.15) is 0 Å². The molecule has 0 radical (unpaired) electrons. The van der Waals surface area contributed by atoms with Crippen LogP contribution >= 0.6 is 0 Å². The Hall–Kier alpha value is -3.75. The molecule has 0 saturated heterocycles. The second kappa shape index (κ2) is 8.96. The van der Waals surface area contributed by atoms with Gasteiger partial charge in [-0.05, 0) is 55.5 Å². The molecule has 29 heavy (non-hydrogen) atoms. The Kier molecular flexibility index (Phi) is 6.18. The van der Waals surface area contributed by atoms with E-state index in [1.807, 2.05) is 0 Å². The summed E-state index contributed by atoms with van der Waals surface area (Å²) in [6.45, 7) is 1.24. The lowest BCUT2D eigenvalue weighted by atomic mass is 10.2. The summed E-state index contributed by atoms with van der Waals surface area (Å²) in [5, 5.41) is 10.2. The zero-order chi connectivity index (χ0) is 20.8. The van der Waals surface area contributed by atoms with Gasteiger partial charge in [0.25, 0.3) is 11.8 Å². The van der Waals surface area contributed by atoms with E-state index in [1.165, 1.54) is 31.4 Å². The first-order valence-corrected chi connectivity index (χ1v) is 8.67. The van der Waals surface area contributed by atoms with Crippen molar-refractivity contribution in [1.29, 1.82) is 0 Å². The van der Waals surface area contributed by atoms with Crippen LogP contribution in [0.25, 0.3) is 11.5 Å². The molecule has 0 aliphatic carbocycles. The Balaban J connectivity index is 1.52. The standard InChI is InChI=1S/C20H18FN3O5/c1-12(19-23-24-20(29-19)14-3-7-15(21)8-4-14)28-17(25)11-22-18(26)13-5-9-16(27-2)10-6-13/h3-10,12H,11H2,1-2H3,(H,22,26)/t12-/m1/s1. The van der Waals surface area contributed by atoms with Crippen molar-refractivity contribution in [3.8, 4) is 17.2 Å². The summed E-state index contributed by atoms with van der Waals surface area (Å²) in [6, 6.07) is 12.0. The van der Waals surface area contributed by atoms with Crippen LogP contribution in [0.3, 0.4) is 0 Å². The molecule has 1 amide bonds. The van der Waals surface area contributed by atoms with Crippen molar-refractivity contribution in [3.05, 3.63) is 65.8 Å². The fourth-order valence-electron chi connectivity index (χ4n) is 2.39. The molecule has 0 spiro atoms. The highest BCUT2D eigenvalue weighted by atomic mass is 19.1. The van der Waals surface area contributed by atoms with Gasteiger partial charge >= 0.3 is 5.97 Å². The van der Waals surface area contributed by atoms with Crippen LogP contribution in [0.15, 0.2) is 52.9 Å². The van der Waals surface area contributed by atoms with Crippen LogP contribution in [-0.2, 0) is 9.53 Å². The van der Waals surface area contributed by atoms with Gasteiger partial charge < -0.3 is 19.2 Å². The van der Waals surface area contributed by atoms with E-state index in [-0.39, 0.29) is 24.1 Å². The third-order valence-electron chi connectivity index (χ3n) is 3.93. The lowest BCUT2D eigenvalue weighted by molar-refractivity contribution is -0.148. The minimum absolute atomic E-state index is 0.0826. The second-order valence-electron chi connectivity index (χ2n) is 6.00. The molecule has 2 aromatic carbocycles. The second-order valence-corrected chi connectivity index (χ2v) is 6.00. The first-order valence-electron chi connectivity index (χ1n) is 8.67. The number of esters is 1. The van der Waals surface area contributed by atoms with Gasteiger partial charge in [-0.3, -0.25) is 9.59 Å². The van der Waals surface area contributed by atoms with Crippen molar-refractivity contribution in [2.45, 2.75) is 13.0 Å². The van der Waals surface area contributed by atoms with Gasteiger partial charge in [0.15, 0.2) is 6.10 Å². The third-order valence-corrected chi connectivity index (χ3v) is 3.93. The Morgan fingerprint density at radius 2 is 1.79 bits per heavy atom. The van der Waals surface area contributed by atoms with Crippen molar-refractivity contribution >= 4 is 11.9 Å². The van der Waals surface area contributed by atoms with Gasteiger partial charge in [-0.25, -0.2) is 4.39 Å². The summed E-state index contributed by atoms with van der Waals surface area (Å²) >= 11 is 0. The molecule has 0 fully saturated rings. The molecule has 1 heterocycles. The Labute approximate surface area is 165 Å². The topological polar surface area (TPSA) is 104 Å². The summed E-state index contributed by atoms with van der Waals surface area (Å²) in [5.74, 6) is -0.591. The number of carbonyl (C=O) groups is 2. The highest BCUT2D eigenvalue weighted by Crippen LogP contribution is 2.22. The highest BCUT2D eigenvalue weighted by Gasteiger charge is 2.19. The first kappa shape index (κ1) is 20.0. The Morgan fingerprint density at radius 1 is 1.10 bits per heavy atom. The van der Waals surface area contributed by atoms with Crippen LogP contribution in [0.2, 0.25) is 0 Å². The highest BCUT2D eigenvalue weighted by molar-refractivity contribution is 5.96. The van der Waals surface area contributed by atoms with Crippen LogP contribution in [0.4, 0.5) is 4.39 Å². The average Bonchev–Trinajstić information content (AvgIpc) is 3.23. The lowest BCUT2D eigenvalue weighted by Gasteiger charge is -2.10. The number of aromatic nitrogens is 2. The zero-order valence-corrected chi connectivity index (χ0v) is 15.7. The third kappa shape index (κ3) is 5.16. The number of methoxy groups -OCH3 is 1. The van der Waals surface area contributed by atoms with Crippen LogP contribution in [-0.4, -0.2) is 35.7 Å². The number of rotatable bonds is 7. The predicted octanol–water partition coefficient (Wildman–Crippen LogP) is 2.92. The number of halogens is 1. The van der Waals surface area contributed by atoms with Gasteiger partial charge in [-0.1, -0.05) is 0 Å². The minimum Gasteiger partial charge on any atom is -0.497 e. The fourth-order valence-corrected chi connectivity index (χ4v) is 2.39.